The van der Waals surface area contributed by atoms with Crippen LogP contribution in [0.3, 0.4) is 0 Å². The van der Waals surface area contributed by atoms with Gasteiger partial charge in [0.2, 0.25) is 0 Å². The van der Waals surface area contributed by atoms with Gasteiger partial charge in [-0.1, -0.05) is 20.3 Å². The van der Waals surface area contributed by atoms with Crippen molar-refractivity contribution in [3.63, 3.8) is 0 Å². The van der Waals surface area contributed by atoms with Crippen LogP contribution in [0.15, 0.2) is 18.2 Å². The summed E-state index contributed by atoms with van der Waals surface area (Å²) in [6, 6.07) is 6.39. The Morgan fingerprint density at radius 3 is 2.47 bits per heavy atom. The van der Waals surface area contributed by atoms with Gasteiger partial charge < -0.3 is 10.6 Å². The van der Waals surface area contributed by atoms with Gasteiger partial charge in [-0.05, 0) is 48.9 Å². The van der Waals surface area contributed by atoms with Gasteiger partial charge in [0.1, 0.15) is 0 Å². The van der Waals surface area contributed by atoms with E-state index in [1.807, 2.05) is 6.07 Å². The van der Waals surface area contributed by atoms with Crippen LogP contribution in [-0.4, -0.2) is 13.1 Å². The summed E-state index contributed by atoms with van der Waals surface area (Å²) in [5.74, 6) is 0. The topological polar surface area (TPSA) is 29.3 Å². The highest BCUT2D eigenvalue weighted by molar-refractivity contribution is 5.58. The van der Waals surface area contributed by atoms with Crippen LogP contribution in [0.25, 0.3) is 0 Å². The van der Waals surface area contributed by atoms with E-state index in [9.17, 15) is 0 Å². The van der Waals surface area contributed by atoms with Crippen molar-refractivity contribution in [3.8, 4) is 0 Å². The van der Waals surface area contributed by atoms with E-state index in [1.54, 1.807) is 0 Å². The van der Waals surface area contributed by atoms with Crippen LogP contribution in [0.5, 0.6) is 0 Å². The second-order valence-corrected chi connectivity index (χ2v) is 5.69. The van der Waals surface area contributed by atoms with Gasteiger partial charge in [-0.3, -0.25) is 0 Å². The summed E-state index contributed by atoms with van der Waals surface area (Å²) in [4.78, 5) is 2.49. The highest BCUT2D eigenvalue weighted by Crippen LogP contribution is 2.35. The minimum absolute atomic E-state index is 0.555. The number of nitrogens with two attached hydrogens (primary N) is 1. The Balaban J connectivity index is 2.08. The Morgan fingerprint density at radius 2 is 1.94 bits per heavy atom. The summed E-state index contributed by atoms with van der Waals surface area (Å²) < 4.78 is 0. The first-order valence-electron chi connectivity index (χ1n) is 6.65. The molecule has 0 radical (unpaired) electrons. The average molecular weight is 232 g/mol. The van der Waals surface area contributed by atoms with Crippen LogP contribution in [0.2, 0.25) is 0 Å². The Kier molecular flexibility index (Phi) is 3.32. The number of rotatable bonds is 2. The summed E-state index contributed by atoms with van der Waals surface area (Å²) in [6.07, 6.45) is 3.89. The van der Waals surface area contributed by atoms with Gasteiger partial charge in [0.05, 0.1) is 0 Å². The van der Waals surface area contributed by atoms with Gasteiger partial charge >= 0.3 is 0 Å². The molecule has 1 aromatic carbocycles. The van der Waals surface area contributed by atoms with Crippen molar-refractivity contribution in [2.24, 2.45) is 5.41 Å². The number of nitrogen functional groups attached to an aromatic ring is 1. The molecule has 2 N–H and O–H groups in total. The van der Waals surface area contributed by atoms with Gasteiger partial charge in [0.25, 0.3) is 0 Å². The normalized spacial score (nSPS) is 19.4. The Hall–Kier alpha value is -1.18. The van der Waals surface area contributed by atoms with Crippen LogP contribution in [0, 0.1) is 12.3 Å². The minimum Gasteiger partial charge on any atom is -0.399 e. The zero-order valence-electron chi connectivity index (χ0n) is 11.3. The molecule has 1 fully saturated rings. The molecule has 0 unspecified atom stereocenters. The molecule has 1 saturated heterocycles. The van der Waals surface area contributed by atoms with Crippen molar-refractivity contribution in [1.82, 2.24) is 0 Å². The fourth-order valence-corrected chi connectivity index (χ4v) is 2.51. The fourth-order valence-electron chi connectivity index (χ4n) is 2.51. The average Bonchev–Trinajstić information content (AvgIpc) is 2.34. The molecule has 0 saturated carbocycles. The number of anilines is 2. The lowest BCUT2D eigenvalue weighted by Crippen LogP contribution is -2.38. The molecule has 2 rings (SSSR count). The first kappa shape index (κ1) is 12.3. The third kappa shape index (κ3) is 2.56. The summed E-state index contributed by atoms with van der Waals surface area (Å²) in [6.45, 7) is 9.15. The molecule has 94 valence electrons. The van der Waals surface area contributed by atoms with Crippen LogP contribution in [0.1, 0.15) is 38.7 Å². The minimum atomic E-state index is 0.555. The zero-order chi connectivity index (χ0) is 12.5. The monoisotopic (exact) mass is 232 g/mol. The van der Waals surface area contributed by atoms with Gasteiger partial charge in [-0.2, -0.15) is 0 Å². The molecule has 1 aliphatic heterocycles. The number of hydrogen-bond donors (Lipinski definition) is 1. The molecule has 1 heterocycles. The maximum atomic E-state index is 5.86. The molecule has 0 bridgehead atoms. The first-order chi connectivity index (χ1) is 8.04. The maximum absolute atomic E-state index is 5.86. The van der Waals surface area contributed by atoms with Crippen molar-refractivity contribution in [2.45, 2.75) is 40.0 Å². The number of piperidine rings is 1. The summed E-state index contributed by atoms with van der Waals surface area (Å²) in [7, 11) is 0. The lowest BCUT2D eigenvalue weighted by molar-refractivity contribution is 0.238. The molecular formula is C15H24N2. The zero-order valence-corrected chi connectivity index (χ0v) is 11.3. The predicted octanol–water partition coefficient (Wildman–Crippen LogP) is 3.59. The van der Waals surface area contributed by atoms with E-state index in [-0.39, 0.29) is 0 Å². The molecule has 0 aromatic heterocycles. The third-order valence-electron chi connectivity index (χ3n) is 4.44. The number of nitrogens with zero attached hydrogens (tertiary/aromatic N) is 1. The molecule has 2 heteroatoms. The van der Waals surface area contributed by atoms with E-state index in [0.717, 1.165) is 5.69 Å². The second kappa shape index (κ2) is 4.59. The summed E-state index contributed by atoms with van der Waals surface area (Å²) in [5, 5.41) is 0. The van der Waals surface area contributed by atoms with Crippen LogP contribution in [-0.2, 0) is 0 Å². The lowest BCUT2D eigenvalue weighted by Gasteiger charge is -2.40. The van der Waals surface area contributed by atoms with Crippen molar-refractivity contribution < 1.29 is 0 Å². The van der Waals surface area contributed by atoms with Crippen molar-refractivity contribution in [3.05, 3.63) is 23.8 Å². The van der Waals surface area contributed by atoms with Crippen LogP contribution >= 0.6 is 0 Å². The second-order valence-electron chi connectivity index (χ2n) is 5.69. The van der Waals surface area contributed by atoms with E-state index in [4.69, 9.17) is 5.73 Å². The third-order valence-corrected chi connectivity index (χ3v) is 4.44. The standard InChI is InChI=1S/C15H24N2/c1-4-15(3)7-9-17(10-8-15)13-5-6-14(16)12(2)11-13/h5-6,11H,4,7-10,16H2,1-3H3. The summed E-state index contributed by atoms with van der Waals surface area (Å²) in [5.41, 5.74) is 9.83. The van der Waals surface area contributed by atoms with Crippen LogP contribution in [0.4, 0.5) is 11.4 Å². The van der Waals surface area contributed by atoms with Crippen molar-refractivity contribution in [2.75, 3.05) is 23.7 Å². The van der Waals surface area contributed by atoms with Gasteiger partial charge in [-0.25, -0.2) is 0 Å². The molecule has 1 aromatic rings. The van der Waals surface area contributed by atoms with E-state index < -0.39 is 0 Å². The van der Waals surface area contributed by atoms with E-state index in [1.165, 1.54) is 43.6 Å². The molecule has 2 nitrogen and oxygen atoms in total. The largest absolute Gasteiger partial charge is 0.399 e. The number of benzene rings is 1. The lowest BCUT2D eigenvalue weighted by atomic mass is 9.78. The highest BCUT2D eigenvalue weighted by atomic mass is 15.1. The van der Waals surface area contributed by atoms with Crippen molar-refractivity contribution in [1.29, 1.82) is 0 Å². The van der Waals surface area contributed by atoms with Crippen LogP contribution < -0.4 is 10.6 Å². The van der Waals surface area contributed by atoms with Gasteiger partial charge in [-0.15, -0.1) is 0 Å². The van der Waals surface area contributed by atoms with E-state index in [2.05, 4.69) is 37.8 Å². The maximum Gasteiger partial charge on any atom is 0.0370 e. The first-order valence-corrected chi connectivity index (χ1v) is 6.65. The van der Waals surface area contributed by atoms with E-state index >= 15 is 0 Å². The smallest absolute Gasteiger partial charge is 0.0370 e. The predicted molar refractivity (Wildman–Crippen MR) is 75.4 cm³/mol. The fraction of sp³-hybridized carbons (Fsp3) is 0.600. The number of hydrogen-bond acceptors (Lipinski definition) is 2. The quantitative estimate of drug-likeness (QED) is 0.789. The molecule has 0 spiro atoms. The highest BCUT2D eigenvalue weighted by Gasteiger charge is 2.28. The van der Waals surface area contributed by atoms with Gasteiger partial charge in [0.15, 0.2) is 0 Å². The molecule has 0 aliphatic carbocycles. The summed E-state index contributed by atoms with van der Waals surface area (Å²) >= 11 is 0. The molecule has 0 atom stereocenters. The van der Waals surface area contributed by atoms with Gasteiger partial charge in [0, 0.05) is 24.5 Å². The number of aryl methyl sites for hydroxylation is 1. The molecule has 17 heavy (non-hydrogen) atoms. The Morgan fingerprint density at radius 1 is 1.29 bits per heavy atom. The Labute approximate surface area is 105 Å². The van der Waals surface area contributed by atoms with Crippen molar-refractivity contribution >= 4 is 11.4 Å². The molecule has 0 amide bonds. The Bertz CT molecular complexity index is 390. The SMILES string of the molecule is CCC1(C)CCN(c2ccc(N)c(C)c2)CC1. The van der Waals surface area contributed by atoms with E-state index in [0.29, 0.717) is 5.41 Å². The molecule has 1 aliphatic rings. The molecular weight excluding hydrogens is 208 g/mol.